The van der Waals surface area contributed by atoms with Crippen molar-refractivity contribution in [3.63, 3.8) is 0 Å². The van der Waals surface area contributed by atoms with E-state index in [2.05, 4.69) is 62.5 Å². The first-order valence-corrected chi connectivity index (χ1v) is 6.34. The number of hydrogen-bond donors (Lipinski definition) is 1. The van der Waals surface area contributed by atoms with Crippen LogP contribution in [0.2, 0.25) is 0 Å². The standard InChI is InChI=1S/C13H13BrN2/c14-9-2-1-3-11-4-6-12(7-5-11)13-8-10-15-16-13/h1,3-8,10H,2,9H2,(H,15,16). The molecule has 2 rings (SSSR count). The molecule has 0 aliphatic heterocycles. The molecule has 1 N–H and O–H groups in total. The van der Waals surface area contributed by atoms with Gasteiger partial charge in [0.1, 0.15) is 0 Å². The van der Waals surface area contributed by atoms with Crippen LogP contribution in [-0.2, 0) is 0 Å². The average molecular weight is 277 g/mol. The molecule has 2 nitrogen and oxygen atoms in total. The van der Waals surface area contributed by atoms with E-state index in [1.165, 1.54) is 5.56 Å². The third-order valence-electron chi connectivity index (χ3n) is 2.31. The molecule has 2 aromatic rings. The fraction of sp³-hybridized carbons (Fsp3) is 0.154. The lowest BCUT2D eigenvalue weighted by molar-refractivity contribution is 1.10. The lowest BCUT2D eigenvalue weighted by Gasteiger charge is -1.98. The molecule has 0 aliphatic rings. The molecule has 82 valence electrons. The van der Waals surface area contributed by atoms with Gasteiger partial charge in [-0.3, -0.25) is 5.10 Å². The summed E-state index contributed by atoms with van der Waals surface area (Å²) in [6.45, 7) is 0. The van der Waals surface area contributed by atoms with E-state index < -0.39 is 0 Å². The molecular weight excluding hydrogens is 264 g/mol. The van der Waals surface area contributed by atoms with Gasteiger partial charge >= 0.3 is 0 Å². The Morgan fingerprint density at radius 2 is 2.00 bits per heavy atom. The van der Waals surface area contributed by atoms with Crippen LogP contribution < -0.4 is 0 Å². The van der Waals surface area contributed by atoms with Crippen LogP contribution in [0.3, 0.4) is 0 Å². The number of hydrogen-bond acceptors (Lipinski definition) is 1. The third kappa shape index (κ3) is 2.83. The number of rotatable bonds is 4. The van der Waals surface area contributed by atoms with E-state index in [9.17, 15) is 0 Å². The van der Waals surface area contributed by atoms with E-state index in [1.807, 2.05) is 6.07 Å². The molecule has 0 atom stereocenters. The highest BCUT2D eigenvalue weighted by molar-refractivity contribution is 9.09. The van der Waals surface area contributed by atoms with Gasteiger partial charge in [-0.25, -0.2) is 0 Å². The molecule has 0 fully saturated rings. The molecule has 16 heavy (non-hydrogen) atoms. The van der Waals surface area contributed by atoms with Crippen molar-refractivity contribution in [3.8, 4) is 11.3 Å². The normalized spacial score (nSPS) is 11.1. The Hall–Kier alpha value is -1.35. The molecule has 0 radical (unpaired) electrons. The Kier molecular flexibility index (Phi) is 3.94. The summed E-state index contributed by atoms with van der Waals surface area (Å²) >= 11 is 3.40. The van der Waals surface area contributed by atoms with Crippen molar-refractivity contribution in [1.82, 2.24) is 10.2 Å². The van der Waals surface area contributed by atoms with Crippen LogP contribution in [0, 0.1) is 0 Å². The van der Waals surface area contributed by atoms with Gasteiger partial charge in [0, 0.05) is 11.5 Å². The van der Waals surface area contributed by atoms with E-state index in [4.69, 9.17) is 0 Å². The molecule has 1 heterocycles. The summed E-state index contributed by atoms with van der Waals surface area (Å²) in [5.74, 6) is 0. The monoisotopic (exact) mass is 276 g/mol. The zero-order chi connectivity index (χ0) is 11.2. The topological polar surface area (TPSA) is 28.7 Å². The van der Waals surface area contributed by atoms with Crippen molar-refractivity contribution in [2.24, 2.45) is 0 Å². The van der Waals surface area contributed by atoms with Crippen LogP contribution in [0.25, 0.3) is 17.3 Å². The van der Waals surface area contributed by atoms with Crippen LogP contribution in [0.1, 0.15) is 12.0 Å². The minimum absolute atomic E-state index is 1.01. The van der Waals surface area contributed by atoms with Gasteiger partial charge in [0.05, 0.1) is 5.69 Å². The number of allylic oxidation sites excluding steroid dienone is 1. The first kappa shape index (κ1) is 11.1. The summed E-state index contributed by atoms with van der Waals surface area (Å²) in [6, 6.07) is 10.4. The number of aromatic nitrogens is 2. The van der Waals surface area contributed by atoms with Crippen molar-refractivity contribution in [2.45, 2.75) is 6.42 Å². The van der Waals surface area contributed by atoms with E-state index in [1.54, 1.807) is 6.20 Å². The minimum Gasteiger partial charge on any atom is -0.278 e. The van der Waals surface area contributed by atoms with Gasteiger partial charge in [0.25, 0.3) is 0 Å². The number of aromatic amines is 1. The van der Waals surface area contributed by atoms with Crippen LogP contribution in [0.4, 0.5) is 0 Å². The number of benzene rings is 1. The highest BCUT2D eigenvalue weighted by Gasteiger charge is 1.96. The Morgan fingerprint density at radius 1 is 1.19 bits per heavy atom. The molecule has 1 aromatic carbocycles. The molecule has 0 saturated carbocycles. The lowest BCUT2D eigenvalue weighted by atomic mass is 10.1. The fourth-order valence-electron chi connectivity index (χ4n) is 1.47. The van der Waals surface area contributed by atoms with Gasteiger partial charge in [-0.15, -0.1) is 0 Å². The molecule has 0 spiro atoms. The summed E-state index contributed by atoms with van der Waals surface area (Å²) in [6.07, 6.45) is 7.12. The molecule has 0 amide bonds. The highest BCUT2D eigenvalue weighted by Crippen LogP contribution is 2.17. The third-order valence-corrected chi connectivity index (χ3v) is 2.77. The van der Waals surface area contributed by atoms with E-state index in [0.717, 1.165) is 23.0 Å². The molecule has 0 bridgehead atoms. The van der Waals surface area contributed by atoms with E-state index in [-0.39, 0.29) is 0 Å². The first-order valence-electron chi connectivity index (χ1n) is 5.22. The molecule has 0 aliphatic carbocycles. The minimum atomic E-state index is 1.01. The number of H-pyrrole nitrogens is 1. The number of nitrogens with one attached hydrogen (secondary N) is 1. The predicted molar refractivity (Wildman–Crippen MR) is 71.5 cm³/mol. The fourth-order valence-corrected chi connectivity index (χ4v) is 1.74. The number of nitrogens with zero attached hydrogens (tertiary/aromatic N) is 1. The molecular formula is C13H13BrN2. The summed E-state index contributed by atoms with van der Waals surface area (Å²) in [5.41, 5.74) is 3.44. The van der Waals surface area contributed by atoms with Crippen LogP contribution in [0.15, 0.2) is 42.6 Å². The zero-order valence-electron chi connectivity index (χ0n) is 8.86. The molecule has 1 aromatic heterocycles. The number of alkyl halides is 1. The van der Waals surface area contributed by atoms with Gasteiger partial charge < -0.3 is 0 Å². The smallest absolute Gasteiger partial charge is 0.0650 e. The van der Waals surface area contributed by atoms with E-state index >= 15 is 0 Å². The predicted octanol–water partition coefficient (Wildman–Crippen LogP) is 3.87. The largest absolute Gasteiger partial charge is 0.278 e. The Bertz CT molecular complexity index is 443. The average Bonchev–Trinajstić information content (AvgIpc) is 2.84. The lowest BCUT2D eigenvalue weighted by Crippen LogP contribution is -1.78. The van der Waals surface area contributed by atoms with Gasteiger partial charge in [0.2, 0.25) is 0 Å². The first-order chi connectivity index (χ1) is 7.90. The highest BCUT2D eigenvalue weighted by atomic mass is 79.9. The van der Waals surface area contributed by atoms with Crippen molar-refractivity contribution >= 4 is 22.0 Å². The van der Waals surface area contributed by atoms with Crippen molar-refractivity contribution in [1.29, 1.82) is 0 Å². The van der Waals surface area contributed by atoms with Crippen LogP contribution in [-0.4, -0.2) is 15.5 Å². The van der Waals surface area contributed by atoms with Gasteiger partial charge in [0.15, 0.2) is 0 Å². The Balaban J connectivity index is 2.11. The quantitative estimate of drug-likeness (QED) is 0.844. The Morgan fingerprint density at radius 3 is 2.62 bits per heavy atom. The van der Waals surface area contributed by atoms with Crippen molar-refractivity contribution < 1.29 is 0 Å². The molecule has 0 unspecified atom stereocenters. The summed E-state index contributed by atoms with van der Waals surface area (Å²) in [5, 5.41) is 7.90. The van der Waals surface area contributed by atoms with Crippen molar-refractivity contribution in [3.05, 3.63) is 48.2 Å². The van der Waals surface area contributed by atoms with Crippen LogP contribution in [0.5, 0.6) is 0 Å². The summed E-state index contributed by atoms with van der Waals surface area (Å²) in [7, 11) is 0. The second-order valence-corrected chi connectivity index (χ2v) is 4.27. The molecule has 0 saturated heterocycles. The Labute approximate surface area is 104 Å². The van der Waals surface area contributed by atoms with Crippen molar-refractivity contribution in [2.75, 3.05) is 5.33 Å². The zero-order valence-corrected chi connectivity index (χ0v) is 10.4. The van der Waals surface area contributed by atoms with Gasteiger partial charge in [-0.05, 0) is 23.6 Å². The maximum Gasteiger partial charge on any atom is 0.0650 e. The van der Waals surface area contributed by atoms with Crippen LogP contribution >= 0.6 is 15.9 Å². The summed E-state index contributed by atoms with van der Waals surface area (Å²) < 4.78 is 0. The van der Waals surface area contributed by atoms with Gasteiger partial charge in [-0.1, -0.05) is 52.3 Å². The second kappa shape index (κ2) is 5.66. The maximum absolute atomic E-state index is 3.94. The second-order valence-electron chi connectivity index (χ2n) is 3.47. The molecule has 3 heteroatoms. The SMILES string of the molecule is BrCCC=Cc1ccc(-c2ccn[nH]2)cc1. The maximum atomic E-state index is 3.94. The summed E-state index contributed by atoms with van der Waals surface area (Å²) in [4.78, 5) is 0. The van der Waals surface area contributed by atoms with Gasteiger partial charge in [-0.2, -0.15) is 5.10 Å². The van der Waals surface area contributed by atoms with E-state index in [0.29, 0.717) is 0 Å². The number of halogens is 1.